The summed E-state index contributed by atoms with van der Waals surface area (Å²) in [7, 11) is -1.07. The van der Waals surface area contributed by atoms with E-state index in [1.54, 1.807) is 27.7 Å². The van der Waals surface area contributed by atoms with Crippen LogP contribution in [0, 0.1) is 0 Å². The largest absolute Gasteiger partial charge is 0.491 e. The van der Waals surface area contributed by atoms with E-state index in [0.717, 1.165) is 18.4 Å². The van der Waals surface area contributed by atoms with Crippen molar-refractivity contribution < 1.29 is 14.8 Å². The molecule has 1 saturated carbocycles. The Labute approximate surface area is 121 Å². The summed E-state index contributed by atoms with van der Waals surface area (Å²) in [5, 5.41) is 20.2. The first kappa shape index (κ1) is 15.5. The SMILES string of the molecule is CC(C)(O)C(C)(C)OB(O)c1ccc(C2(N)CC2)cc1. The summed E-state index contributed by atoms with van der Waals surface area (Å²) < 4.78 is 5.60. The molecule has 0 saturated heterocycles. The summed E-state index contributed by atoms with van der Waals surface area (Å²) in [6.07, 6.45) is 2.02. The summed E-state index contributed by atoms with van der Waals surface area (Å²) in [6.45, 7) is 6.83. The van der Waals surface area contributed by atoms with Crippen molar-refractivity contribution in [2.45, 2.75) is 57.3 Å². The van der Waals surface area contributed by atoms with E-state index in [4.69, 9.17) is 10.4 Å². The Morgan fingerprint density at radius 3 is 2.05 bits per heavy atom. The first-order valence-electron chi connectivity index (χ1n) is 7.03. The second-order valence-corrected chi connectivity index (χ2v) is 6.82. The summed E-state index contributed by atoms with van der Waals surface area (Å²) in [4.78, 5) is 0. The average Bonchev–Trinajstić information content (AvgIpc) is 3.07. The van der Waals surface area contributed by atoms with Crippen LogP contribution in [0.15, 0.2) is 24.3 Å². The van der Waals surface area contributed by atoms with Crippen LogP contribution in [0.4, 0.5) is 0 Å². The van der Waals surface area contributed by atoms with Crippen molar-refractivity contribution in [3.8, 4) is 0 Å². The molecule has 0 aliphatic heterocycles. The lowest BCUT2D eigenvalue weighted by atomic mass is 9.76. The van der Waals surface area contributed by atoms with Crippen molar-refractivity contribution in [2.24, 2.45) is 5.73 Å². The van der Waals surface area contributed by atoms with E-state index < -0.39 is 18.3 Å². The molecule has 0 bridgehead atoms. The van der Waals surface area contributed by atoms with Gasteiger partial charge in [-0.25, -0.2) is 0 Å². The minimum absolute atomic E-state index is 0.170. The maximum absolute atomic E-state index is 10.2. The van der Waals surface area contributed by atoms with Gasteiger partial charge in [-0.1, -0.05) is 24.3 Å². The van der Waals surface area contributed by atoms with Gasteiger partial charge in [-0.05, 0) is 51.6 Å². The van der Waals surface area contributed by atoms with Gasteiger partial charge < -0.3 is 20.5 Å². The Morgan fingerprint density at radius 2 is 1.65 bits per heavy atom. The second kappa shape index (κ2) is 4.84. The summed E-state index contributed by atoms with van der Waals surface area (Å²) in [6, 6.07) is 7.53. The van der Waals surface area contributed by atoms with Gasteiger partial charge in [0.15, 0.2) is 0 Å². The number of hydrogen-bond acceptors (Lipinski definition) is 4. The molecule has 0 heterocycles. The van der Waals surface area contributed by atoms with E-state index in [0.29, 0.717) is 5.46 Å². The number of aliphatic hydroxyl groups is 1. The zero-order valence-electron chi connectivity index (χ0n) is 12.7. The minimum atomic E-state index is -1.07. The molecule has 20 heavy (non-hydrogen) atoms. The third-order valence-electron chi connectivity index (χ3n) is 4.44. The first-order valence-corrected chi connectivity index (χ1v) is 7.03. The third kappa shape index (κ3) is 3.06. The summed E-state index contributed by atoms with van der Waals surface area (Å²) in [5.74, 6) is 0. The summed E-state index contributed by atoms with van der Waals surface area (Å²) >= 11 is 0. The van der Waals surface area contributed by atoms with Crippen molar-refractivity contribution in [2.75, 3.05) is 0 Å². The van der Waals surface area contributed by atoms with E-state index in [-0.39, 0.29) is 5.54 Å². The zero-order chi connectivity index (χ0) is 15.2. The molecule has 0 spiro atoms. The molecule has 110 valence electrons. The van der Waals surface area contributed by atoms with Gasteiger partial charge in [0.05, 0.1) is 11.2 Å². The normalized spacial score (nSPS) is 17.9. The van der Waals surface area contributed by atoms with Crippen LogP contribution in [-0.2, 0) is 10.2 Å². The zero-order valence-corrected chi connectivity index (χ0v) is 12.7. The molecule has 0 unspecified atom stereocenters. The minimum Gasteiger partial charge on any atom is -0.423 e. The number of benzene rings is 1. The highest BCUT2D eigenvalue weighted by molar-refractivity contribution is 6.60. The van der Waals surface area contributed by atoms with Gasteiger partial charge in [0, 0.05) is 5.54 Å². The maximum Gasteiger partial charge on any atom is 0.491 e. The molecule has 0 radical (unpaired) electrons. The molecule has 5 heteroatoms. The lowest BCUT2D eigenvalue weighted by Gasteiger charge is -2.38. The Morgan fingerprint density at radius 1 is 1.15 bits per heavy atom. The van der Waals surface area contributed by atoms with Crippen LogP contribution in [0.2, 0.25) is 0 Å². The van der Waals surface area contributed by atoms with Gasteiger partial charge in [-0.2, -0.15) is 0 Å². The molecule has 1 aliphatic carbocycles. The van der Waals surface area contributed by atoms with Gasteiger partial charge in [-0.15, -0.1) is 0 Å². The maximum atomic E-state index is 10.2. The van der Waals surface area contributed by atoms with Crippen LogP contribution < -0.4 is 11.2 Å². The molecule has 0 aromatic heterocycles. The van der Waals surface area contributed by atoms with Crippen LogP contribution in [0.5, 0.6) is 0 Å². The van der Waals surface area contributed by atoms with Crippen LogP contribution in [-0.4, -0.2) is 28.5 Å². The van der Waals surface area contributed by atoms with Crippen molar-refractivity contribution in [1.29, 1.82) is 0 Å². The van der Waals surface area contributed by atoms with E-state index in [9.17, 15) is 10.1 Å². The lowest BCUT2D eigenvalue weighted by Crippen LogP contribution is -2.53. The number of nitrogens with two attached hydrogens (primary N) is 1. The quantitative estimate of drug-likeness (QED) is 0.699. The van der Waals surface area contributed by atoms with Crippen LogP contribution in [0.25, 0.3) is 0 Å². The molecule has 4 N–H and O–H groups in total. The van der Waals surface area contributed by atoms with Gasteiger partial charge in [0.2, 0.25) is 0 Å². The monoisotopic (exact) mass is 277 g/mol. The van der Waals surface area contributed by atoms with Gasteiger partial charge in [0.25, 0.3) is 0 Å². The van der Waals surface area contributed by atoms with Gasteiger partial charge in [-0.3, -0.25) is 0 Å². The molecule has 4 nitrogen and oxygen atoms in total. The molecule has 1 fully saturated rings. The van der Waals surface area contributed by atoms with Gasteiger partial charge >= 0.3 is 7.12 Å². The average molecular weight is 277 g/mol. The molecular formula is C15H24BNO3. The molecule has 1 aromatic carbocycles. The number of hydrogen-bond donors (Lipinski definition) is 3. The predicted octanol–water partition coefficient (Wildman–Crippen LogP) is 0.888. The molecule has 1 aliphatic rings. The highest BCUT2D eigenvalue weighted by Gasteiger charge is 2.41. The molecule has 2 rings (SSSR count). The Bertz CT molecular complexity index is 475. The lowest BCUT2D eigenvalue weighted by molar-refractivity contribution is -0.0982. The van der Waals surface area contributed by atoms with E-state index in [2.05, 4.69) is 0 Å². The van der Waals surface area contributed by atoms with Crippen molar-refractivity contribution in [1.82, 2.24) is 0 Å². The van der Waals surface area contributed by atoms with Gasteiger partial charge in [0.1, 0.15) is 0 Å². The summed E-state index contributed by atoms with van der Waals surface area (Å²) in [5.41, 5.74) is 5.79. The van der Waals surface area contributed by atoms with Crippen LogP contribution in [0.3, 0.4) is 0 Å². The molecule has 1 aromatic rings. The van der Waals surface area contributed by atoms with Crippen LogP contribution in [0.1, 0.15) is 46.1 Å². The van der Waals surface area contributed by atoms with E-state index >= 15 is 0 Å². The van der Waals surface area contributed by atoms with Crippen LogP contribution >= 0.6 is 0 Å². The van der Waals surface area contributed by atoms with E-state index in [1.165, 1.54) is 0 Å². The Hall–Kier alpha value is -0.875. The third-order valence-corrected chi connectivity index (χ3v) is 4.44. The van der Waals surface area contributed by atoms with E-state index in [1.807, 2.05) is 24.3 Å². The Kier molecular flexibility index (Phi) is 3.76. The molecular weight excluding hydrogens is 253 g/mol. The van der Waals surface area contributed by atoms with Crippen molar-refractivity contribution >= 4 is 12.6 Å². The fraction of sp³-hybridized carbons (Fsp3) is 0.600. The highest BCUT2D eigenvalue weighted by Crippen LogP contribution is 2.42. The standard InChI is InChI=1S/C15H24BNO3/c1-13(2,18)14(3,4)20-16(19)12-7-5-11(6-8-12)15(17)9-10-15/h5-8,18-19H,9-10,17H2,1-4H3. The number of rotatable bonds is 5. The van der Waals surface area contributed by atoms with Crippen molar-refractivity contribution in [3.63, 3.8) is 0 Å². The topological polar surface area (TPSA) is 75.7 Å². The smallest absolute Gasteiger partial charge is 0.423 e. The fourth-order valence-corrected chi connectivity index (χ4v) is 1.89. The predicted molar refractivity (Wildman–Crippen MR) is 80.6 cm³/mol. The molecule has 0 amide bonds. The first-order chi connectivity index (χ1) is 9.05. The van der Waals surface area contributed by atoms with Crippen molar-refractivity contribution in [3.05, 3.63) is 29.8 Å². The highest BCUT2D eigenvalue weighted by atomic mass is 16.5. The second-order valence-electron chi connectivity index (χ2n) is 6.82. The fourth-order valence-electron chi connectivity index (χ4n) is 1.89. The molecule has 0 atom stereocenters. The Balaban J connectivity index is 2.08.